The van der Waals surface area contributed by atoms with E-state index in [1.807, 2.05) is 30.3 Å². The molecule has 1 saturated heterocycles. The number of aromatic nitrogens is 3. The summed E-state index contributed by atoms with van der Waals surface area (Å²) in [7, 11) is 1.85. The van der Waals surface area contributed by atoms with E-state index in [2.05, 4.69) is 28.0 Å². The Morgan fingerprint density at radius 3 is 2.71 bits per heavy atom. The maximum atomic E-state index is 12.7. The van der Waals surface area contributed by atoms with Crippen LogP contribution in [-0.2, 0) is 20.0 Å². The van der Waals surface area contributed by atoms with Crippen LogP contribution in [0.4, 0.5) is 0 Å². The predicted molar refractivity (Wildman–Crippen MR) is 92.6 cm³/mol. The Morgan fingerprint density at radius 2 is 2.04 bits per heavy atom. The second kappa shape index (κ2) is 7.57. The minimum Gasteiger partial charge on any atom is -0.335 e. The van der Waals surface area contributed by atoms with Crippen molar-refractivity contribution in [2.75, 3.05) is 26.2 Å². The first-order valence-electron chi connectivity index (χ1n) is 8.61. The molecular formula is C18H25N5O. The van der Waals surface area contributed by atoms with E-state index in [0.29, 0.717) is 5.69 Å². The molecule has 24 heavy (non-hydrogen) atoms. The van der Waals surface area contributed by atoms with Crippen LogP contribution in [0, 0.1) is 0 Å². The molecule has 6 heteroatoms. The van der Waals surface area contributed by atoms with Gasteiger partial charge in [0.1, 0.15) is 5.69 Å². The van der Waals surface area contributed by atoms with E-state index in [1.54, 1.807) is 10.9 Å². The van der Waals surface area contributed by atoms with Crippen molar-refractivity contribution in [1.29, 1.82) is 0 Å². The summed E-state index contributed by atoms with van der Waals surface area (Å²) in [6.07, 6.45) is 5.65. The molecular weight excluding hydrogens is 302 g/mol. The van der Waals surface area contributed by atoms with Crippen LogP contribution in [0.25, 0.3) is 0 Å². The largest absolute Gasteiger partial charge is 0.335 e. The molecule has 0 atom stereocenters. The van der Waals surface area contributed by atoms with Crippen molar-refractivity contribution in [3.63, 3.8) is 0 Å². The second-order valence-electron chi connectivity index (χ2n) is 6.32. The van der Waals surface area contributed by atoms with E-state index in [4.69, 9.17) is 0 Å². The zero-order valence-electron chi connectivity index (χ0n) is 14.5. The molecule has 1 amide bonds. The van der Waals surface area contributed by atoms with E-state index >= 15 is 0 Å². The number of rotatable bonds is 5. The molecule has 2 aromatic heterocycles. The smallest absolute Gasteiger partial charge is 0.272 e. The number of pyridine rings is 1. The van der Waals surface area contributed by atoms with Gasteiger partial charge in [0.25, 0.3) is 5.91 Å². The highest BCUT2D eigenvalue weighted by Crippen LogP contribution is 2.13. The van der Waals surface area contributed by atoms with Gasteiger partial charge in [0.05, 0.1) is 5.69 Å². The average molecular weight is 327 g/mol. The average Bonchev–Trinajstić information content (AvgIpc) is 2.97. The third-order valence-electron chi connectivity index (χ3n) is 4.44. The molecule has 0 aliphatic carbocycles. The number of aryl methyl sites for hydroxylation is 2. The first kappa shape index (κ1) is 16.6. The van der Waals surface area contributed by atoms with Gasteiger partial charge in [-0.3, -0.25) is 19.4 Å². The molecule has 3 rings (SSSR count). The first-order chi connectivity index (χ1) is 11.7. The van der Waals surface area contributed by atoms with Crippen LogP contribution in [0.3, 0.4) is 0 Å². The number of carbonyl (C=O) groups is 1. The molecule has 1 aliphatic heterocycles. The van der Waals surface area contributed by atoms with Crippen molar-refractivity contribution in [3.05, 3.63) is 47.5 Å². The molecule has 1 fully saturated rings. The van der Waals surface area contributed by atoms with Crippen LogP contribution in [-0.4, -0.2) is 56.7 Å². The standard InChI is InChI=1S/C18H25N5O/c1-3-5-16-12-17(21(2)20-16)18(24)23-10-8-22(9-11-23)14-15-6-4-7-19-13-15/h4,6-7,12-13H,3,5,8-11,14H2,1-2H3. The van der Waals surface area contributed by atoms with Crippen LogP contribution in [0.15, 0.2) is 30.6 Å². The minimum absolute atomic E-state index is 0.0911. The predicted octanol–water partition coefficient (Wildman–Crippen LogP) is 1.73. The molecule has 128 valence electrons. The van der Waals surface area contributed by atoms with Crippen LogP contribution >= 0.6 is 0 Å². The normalized spacial score (nSPS) is 15.7. The zero-order chi connectivity index (χ0) is 16.9. The third-order valence-corrected chi connectivity index (χ3v) is 4.44. The monoisotopic (exact) mass is 327 g/mol. The van der Waals surface area contributed by atoms with Crippen LogP contribution in [0.5, 0.6) is 0 Å². The molecule has 6 nitrogen and oxygen atoms in total. The van der Waals surface area contributed by atoms with Crippen LogP contribution in [0.1, 0.15) is 35.1 Å². The van der Waals surface area contributed by atoms with Gasteiger partial charge >= 0.3 is 0 Å². The fourth-order valence-electron chi connectivity index (χ4n) is 3.13. The van der Waals surface area contributed by atoms with Gasteiger partial charge in [0.15, 0.2) is 0 Å². The summed E-state index contributed by atoms with van der Waals surface area (Å²) in [6.45, 7) is 6.31. The van der Waals surface area contributed by atoms with Gasteiger partial charge in [-0.25, -0.2) is 0 Å². The fourth-order valence-corrected chi connectivity index (χ4v) is 3.13. The molecule has 0 N–H and O–H groups in total. The van der Waals surface area contributed by atoms with Crippen molar-refractivity contribution in [2.24, 2.45) is 7.05 Å². The quantitative estimate of drug-likeness (QED) is 0.839. The number of carbonyl (C=O) groups excluding carboxylic acids is 1. The summed E-state index contributed by atoms with van der Waals surface area (Å²) >= 11 is 0. The SMILES string of the molecule is CCCc1cc(C(=O)N2CCN(Cc3cccnc3)CC2)n(C)n1. The van der Waals surface area contributed by atoms with Gasteiger partial charge in [-0.15, -0.1) is 0 Å². The molecule has 0 radical (unpaired) electrons. The van der Waals surface area contributed by atoms with Gasteiger partial charge in [-0.05, 0) is 24.1 Å². The molecule has 0 unspecified atom stereocenters. The number of amides is 1. The topological polar surface area (TPSA) is 54.3 Å². The highest BCUT2D eigenvalue weighted by atomic mass is 16.2. The lowest BCUT2D eigenvalue weighted by molar-refractivity contribution is 0.0617. The van der Waals surface area contributed by atoms with Crippen molar-refractivity contribution in [2.45, 2.75) is 26.3 Å². The maximum Gasteiger partial charge on any atom is 0.272 e. The van der Waals surface area contributed by atoms with Crippen molar-refractivity contribution in [1.82, 2.24) is 24.6 Å². The maximum absolute atomic E-state index is 12.7. The van der Waals surface area contributed by atoms with E-state index in [9.17, 15) is 4.79 Å². The van der Waals surface area contributed by atoms with Gasteiger partial charge in [0, 0.05) is 52.2 Å². The fraction of sp³-hybridized carbons (Fsp3) is 0.500. The van der Waals surface area contributed by atoms with E-state index in [-0.39, 0.29) is 5.91 Å². The Labute approximate surface area is 143 Å². The Morgan fingerprint density at radius 1 is 1.25 bits per heavy atom. The lowest BCUT2D eigenvalue weighted by Gasteiger charge is -2.34. The van der Waals surface area contributed by atoms with Gasteiger partial charge in [-0.2, -0.15) is 5.10 Å². The van der Waals surface area contributed by atoms with Gasteiger partial charge in [0.2, 0.25) is 0 Å². The molecule has 1 aliphatic rings. The number of hydrogen-bond donors (Lipinski definition) is 0. The van der Waals surface area contributed by atoms with E-state index < -0.39 is 0 Å². The van der Waals surface area contributed by atoms with E-state index in [0.717, 1.165) is 51.3 Å². The Hall–Kier alpha value is -2.21. The Balaban J connectivity index is 1.57. The number of piperazine rings is 1. The van der Waals surface area contributed by atoms with Crippen LogP contribution in [0.2, 0.25) is 0 Å². The molecule has 3 heterocycles. The number of nitrogens with zero attached hydrogens (tertiary/aromatic N) is 5. The summed E-state index contributed by atoms with van der Waals surface area (Å²) in [6, 6.07) is 5.99. The molecule has 0 spiro atoms. The summed E-state index contributed by atoms with van der Waals surface area (Å²) < 4.78 is 1.72. The van der Waals surface area contributed by atoms with E-state index in [1.165, 1.54) is 5.56 Å². The minimum atomic E-state index is 0.0911. The molecule has 0 bridgehead atoms. The Kier molecular flexibility index (Phi) is 5.25. The number of hydrogen-bond acceptors (Lipinski definition) is 4. The highest BCUT2D eigenvalue weighted by molar-refractivity contribution is 5.92. The van der Waals surface area contributed by atoms with Crippen molar-refractivity contribution < 1.29 is 4.79 Å². The van der Waals surface area contributed by atoms with Crippen molar-refractivity contribution >= 4 is 5.91 Å². The Bertz CT molecular complexity index is 674. The second-order valence-corrected chi connectivity index (χ2v) is 6.32. The summed E-state index contributed by atoms with van der Waals surface area (Å²) in [4.78, 5) is 21.2. The lowest BCUT2D eigenvalue weighted by Crippen LogP contribution is -2.48. The summed E-state index contributed by atoms with van der Waals surface area (Å²) in [5.41, 5.74) is 2.91. The van der Waals surface area contributed by atoms with Gasteiger partial charge < -0.3 is 4.90 Å². The lowest BCUT2D eigenvalue weighted by atomic mass is 10.2. The van der Waals surface area contributed by atoms with Gasteiger partial charge in [-0.1, -0.05) is 19.4 Å². The zero-order valence-corrected chi connectivity index (χ0v) is 14.5. The first-order valence-corrected chi connectivity index (χ1v) is 8.61. The van der Waals surface area contributed by atoms with Crippen LogP contribution < -0.4 is 0 Å². The summed E-state index contributed by atoms with van der Waals surface area (Å²) in [5, 5.41) is 4.44. The van der Waals surface area contributed by atoms with Crippen molar-refractivity contribution in [3.8, 4) is 0 Å². The highest BCUT2D eigenvalue weighted by Gasteiger charge is 2.24. The molecule has 2 aromatic rings. The molecule has 0 aromatic carbocycles. The molecule has 0 saturated carbocycles. The summed E-state index contributed by atoms with van der Waals surface area (Å²) in [5.74, 6) is 0.0911. The third kappa shape index (κ3) is 3.82.